The van der Waals surface area contributed by atoms with Gasteiger partial charge >= 0.3 is 24.7 Å². The molecule has 0 radical (unpaired) electrons. The first-order valence-electron chi connectivity index (χ1n) is 11.1. The molecule has 226 valence electrons. The number of anilines is 1. The quantitative estimate of drug-likeness (QED) is 0.372. The highest BCUT2D eigenvalue weighted by Gasteiger charge is 2.47. The molecule has 1 heterocycles. The van der Waals surface area contributed by atoms with Gasteiger partial charge in [0.1, 0.15) is 12.1 Å². The van der Waals surface area contributed by atoms with Crippen molar-refractivity contribution < 1.29 is 62.5 Å². The Labute approximate surface area is 227 Å². The summed E-state index contributed by atoms with van der Waals surface area (Å²) in [5.41, 5.74) is -13.9. The fraction of sp³-hybridized carbons (Fsp3) is 0.375. The third kappa shape index (κ3) is 5.95. The molecular weight excluding hydrogens is 604 g/mol. The maximum atomic E-state index is 13.6. The van der Waals surface area contributed by atoms with E-state index in [1.807, 2.05) is 0 Å². The highest BCUT2D eigenvalue weighted by Crippen LogP contribution is 2.46. The molecule has 0 bridgehead atoms. The van der Waals surface area contributed by atoms with Gasteiger partial charge in [-0.05, 0) is 36.8 Å². The predicted octanol–water partition coefficient (Wildman–Crippen LogP) is 7.02. The number of methoxy groups -OCH3 is 1. The molecule has 0 saturated heterocycles. The molecule has 1 N–H and O–H groups in total. The summed E-state index contributed by atoms with van der Waals surface area (Å²) >= 11 is 0. The van der Waals surface area contributed by atoms with Crippen LogP contribution in [0, 0.1) is 28.6 Å². The summed E-state index contributed by atoms with van der Waals surface area (Å²) in [6.45, 7) is 1.04. The van der Waals surface area contributed by atoms with Crippen molar-refractivity contribution in [2.45, 2.75) is 44.0 Å². The lowest BCUT2D eigenvalue weighted by molar-refractivity contribution is -0.145. The topological polar surface area (TPSA) is 92.6 Å². The number of aliphatic hydroxyl groups excluding tert-OH is 1. The minimum absolute atomic E-state index is 0.0726. The van der Waals surface area contributed by atoms with Gasteiger partial charge in [-0.2, -0.15) is 68.3 Å². The largest absolute Gasteiger partial charge is 0.417 e. The molecule has 0 aromatic heterocycles. The van der Waals surface area contributed by atoms with E-state index in [1.54, 1.807) is 0 Å². The normalized spacial score (nSPS) is 18.9. The number of ether oxygens (including phenoxy) is 1. The second-order valence-corrected chi connectivity index (χ2v) is 8.80. The minimum Gasteiger partial charge on any atom is -0.376 e. The Morgan fingerprint density at radius 2 is 1.12 bits per heavy atom. The number of halogens is 12. The van der Waals surface area contributed by atoms with Crippen molar-refractivity contribution in [3.63, 3.8) is 0 Å². The zero-order chi connectivity index (χ0) is 32.2. The van der Waals surface area contributed by atoms with Crippen LogP contribution in [0.15, 0.2) is 29.4 Å². The van der Waals surface area contributed by atoms with E-state index >= 15 is 0 Å². The lowest BCUT2D eigenvalue weighted by atomic mass is 9.87. The van der Waals surface area contributed by atoms with Crippen molar-refractivity contribution in [3.05, 3.63) is 63.2 Å². The number of nitriles is 2. The third-order valence-corrected chi connectivity index (χ3v) is 6.22. The minimum atomic E-state index is -5.50. The zero-order valence-electron chi connectivity index (χ0n) is 20.7. The van der Waals surface area contributed by atoms with E-state index < -0.39 is 87.6 Å². The van der Waals surface area contributed by atoms with Gasteiger partial charge in [-0.3, -0.25) is 0 Å². The van der Waals surface area contributed by atoms with Crippen LogP contribution in [0.3, 0.4) is 0 Å². The van der Waals surface area contributed by atoms with Crippen LogP contribution in [0.4, 0.5) is 58.4 Å². The first-order valence-corrected chi connectivity index (χ1v) is 11.1. The summed E-state index contributed by atoms with van der Waals surface area (Å²) in [5.74, 6) is -1.75. The molecule has 2 aromatic rings. The van der Waals surface area contributed by atoms with Crippen LogP contribution in [0.1, 0.15) is 52.0 Å². The number of alkyl halides is 12. The number of hydrogen-bond donors (Lipinski definition) is 1. The fourth-order valence-electron chi connectivity index (χ4n) is 4.46. The van der Waals surface area contributed by atoms with Gasteiger partial charge in [0.05, 0.1) is 51.1 Å². The van der Waals surface area contributed by atoms with Crippen LogP contribution in [-0.2, 0) is 29.4 Å². The second-order valence-electron chi connectivity index (χ2n) is 8.80. The number of hydrazone groups is 1. The molecule has 42 heavy (non-hydrogen) atoms. The Morgan fingerprint density at radius 3 is 1.43 bits per heavy atom. The number of aliphatic hydroxyl groups is 1. The van der Waals surface area contributed by atoms with Crippen LogP contribution < -0.4 is 5.01 Å². The van der Waals surface area contributed by atoms with E-state index in [2.05, 4.69) is 5.10 Å². The van der Waals surface area contributed by atoms with Gasteiger partial charge in [0.15, 0.2) is 6.23 Å². The molecule has 0 fully saturated rings. The molecule has 3 unspecified atom stereocenters. The van der Waals surface area contributed by atoms with Crippen LogP contribution in [0.25, 0.3) is 0 Å². The van der Waals surface area contributed by atoms with E-state index in [-0.39, 0.29) is 35.0 Å². The Balaban J connectivity index is 2.22. The molecule has 1 aliphatic heterocycles. The Bertz CT molecular complexity index is 1420. The SMILES string of the molecule is COC(c1cc(C(F)(F)F)c(C#N)c(C(F)(F)F)c1)C1C(C)=NN(c2cc(C(F)(F)F)c(C#N)c(C(F)(F)F)c2)C1O. The molecule has 2 aromatic carbocycles. The van der Waals surface area contributed by atoms with Crippen molar-refractivity contribution in [1.82, 2.24) is 0 Å². The van der Waals surface area contributed by atoms with Crippen molar-refractivity contribution in [2.24, 2.45) is 11.0 Å². The summed E-state index contributed by atoms with van der Waals surface area (Å²) in [7, 11) is 0.803. The van der Waals surface area contributed by atoms with Gasteiger partial charge in [0, 0.05) is 12.8 Å². The standard InChI is InChI=1S/C24H14F12N4O2/c1-9-18(19(42-2)10-3-14(21(25,26)27)12(7-37)15(4-10)22(28,29)30)20(41)40(39-9)11-5-16(23(31,32)33)13(8-38)17(6-11)24(34,35)36/h3-6,18-20,41H,1-2H3. The van der Waals surface area contributed by atoms with Crippen LogP contribution in [0.5, 0.6) is 0 Å². The summed E-state index contributed by atoms with van der Waals surface area (Å²) in [6, 6.07) is 2.13. The van der Waals surface area contributed by atoms with Gasteiger partial charge in [0.2, 0.25) is 0 Å². The third-order valence-electron chi connectivity index (χ3n) is 6.22. The molecular formula is C24H14F12N4O2. The van der Waals surface area contributed by atoms with Gasteiger partial charge in [-0.15, -0.1) is 0 Å². The Morgan fingerprint density at radius 1 is 0.762 bits per heavy atom. The van der Waals surface area contributed by atoms with Crippen molar-refractivity contribution in [3.8, 4) is 12.1 Å². The maximum absolute atomic E-state index is 13.6. The first-order chi connectivity index (χ1) is 19.1. The first kappa shape index (κ1) is 32.5. The summed E-state index contributed by atoms with van der Waals surface area (Å²) in [6.07, 6.45) is -26.2. The molecule has 1 aliphatic rings. The summed E-state index contributed by atoms with van der Waals surface area (Å²) in [5, 5.41) is 32.9. The van der Waals surface area contributed by atoms with E-state index in [0.717, 1.165) is 26.2 Å². The molecule has 0 spiro atoms. The van der Waals surface area contributed by atoms with Gasteiger partial charge in [0.25, 0.3) is 0 Å². The van der Waals surface area contributed by atoms with E-state index in [0.29, 0.717) is 0 Å². The molecule has 0 amide bonds. The average molecular weight is 618 g/mol. The summed E-state index contributed by atoms with van der Waals surface area (Å²) in [4.78, 5) is 0. The highest BCUT2D eigenvalue weighted by atomic mass is 19.4. The van der Waals surface area contributed by atoms with Gasteiger partial charge < -0.3 is 9.84 Å². The molecule has 6 nitrogen and oxygen atoms in total. The molecule has 0 saturated carbocycles. The number of rotatable bonds is 4. The van der Waals surface area contributed by atoms with Crippen molar-refractivity contribution >= 4 is 11.4 Å². The van der Waals surface area contributed by atoms with E-state index in [9.17, 15) is 57.8 Å². The Hall–Kier alpha value is -4.03. The number of hydrogen-bond acceptors (Lipinski definition) is 6. The van der Waals surface area contributed by atoms with Crippen LogP contribution in [-0.4, -0.2) is 24.2 Å². The lowest BCUT2D eigenvalue weighted by Gasteiger charge is -2.30. The number of benzene rings is 2. The monoisotopic (exact) mass is 618 g/mol. The fourth-order valence-corrected chi connectivity index (χ4v) is 4.46. The average Bonchev–Trinajstić information content (AvgIpc) is 3.14. The van der Waals surface area contributed by atoms with E-state index in [1.165, 1.54) is 0 Å². The molecule has 0 aliphatic carbocycles. The van der Waals surface area contributed by atoms with Crippen molar-refractivity contribution in [1.29, 1.82) is 10.5 Å². The Kier molecular flexibility index (Phi) is 8.25. The van der Waals surface area contributed by atoms with E-state index in [4.69, 9.17) is 15.3 Å². The number of nitrogens with zero attached hydrogens (tertiary/aromatic N) is 4. The van der Waals surface area contributed by atoms with Crippen LogP contribution in [0.2, 0.25) is 0 Å². The molecule has 3 rings (SSSR count). The molecule has 3 atom stereocenters. The smallest absolute Gasteiger partial charge is 0.376 e. The highest BCUT2D eigenvalue weighted by molar-refractivity contribution is 5.89. The van der Waals surface area contributed by atoms with Gasteiger partial charge in [-0.25, -0.2) is 5.01 Å². The van der Waals surface area contributed by atoms with Crippen LogP contribution >= 0.6 is 0 Å². The lowest BCUT2D eigenvalue weighted by Crippen LogP contribution is -2.37. The van der Waals surface area contributed by atoms with Gasteiger partial charge in [-0.1, -0.05) is 0 Å². The second kappa shape index (κ2) is 10.7. The summed E-state index contributed by atoms with van der Waals surface area (Å²) < 4.78 is 169. The predicted molar refractivity (Wildman–Crippen MR) is 117 cm³/mol. The van der Waals surface area contributed by atoms with Crippen molar-refractivity contribution in [2.75, 3.05) is 12.1 Å². The molecule has 18 heteroatoms. The zero-order valence-corrected chi connectivity index (χ0v) is 20.7. The maximum Gasteiger partial charge on any atom is 0.417 e.